The van der Waals surface area contributed by atoms with Gasteiger partial charge in [-0.05, 0) is 24.3 Å². The van der Waals surface area contributed by atoms with Crippen LogP contribution in [-0.4, -0.2) is 11.8 Å². The van der Waals surface area contributed by atoms with Gasteiger partial charge in [-0.15, -0.1) is 11.3 Å². The van der Waals surface area contributed by atoms with Gasteiger partial charge in [0.2, 0.25) is 0 Å². The third-order valence-electron chi connectivity index (χ3n) is 2.98. The Kier molecular flexibility index (Phi) is 4.45. The first-order valence-corrected chi connectivity index (χ1v) is 7.83. The van der Waals surface area contributed by atoms with Gasteiger partial charge in [-0.25, -0.2) is 0 Å². The van der Waals surface area contributed by atoms with Crippen LogP contribution in [-0.2, 0) is 4.79 Å². The predicted octanol–water partition coefficient (Wildman–Crippen LogP) is 3.62. The van der Waals surface area contributed by atoms with E-state index in [4.69, 9.17) is 16.0 Å². The maximum atomic E-state index is 12.1. The molecular formula is C16H11ClN2O3S. The fourth-order valence-corrected chi connectivity index (χ4v) is 3.33. The molecule has 116 valence electrons. The Hall–Kier alpha value is -2.57. The second-order valence-electron chi connectivity index (χ2n) is 4.53. The van der Waals surface area contributed by atoms with Crippen molar-refractivity contribution >= 4 is 50.9 Å². The number of benzene rings is 1. The van der Waals surface area contributed by atoms with Crippen molar-refractivity contribution in [3.05, 3.63) is 64.4 Å². The smallest absolute Gasteiger partial charge is 0.281 e. The van der Waals surface area contributed by atoms with Crippen LogP contribution in [0.2, 0.25) is 5.02 Å². The molecule has 3 rings (SSSR count). The molecule has 2 N–H and O–H groups in total. The molecular weight excluding hydrogens is 336 g/mol. The minimum Gasteiger partial charge on any atom is -0.465 e. The van der Waals surface area contributed by atoms with E-state index in [2.05, 4.69) is 10.9 Å². The standard InChI is InChI=1S/C16H11ClN2O3S/c17-14-11-5-1-2-6-12(11)23-15(14)16(21)19-18-13(20)8-7-10-4-3-9-22-10/h1-9H,(H,18,20)(H,19,21)/b8-7+. The van der Waals surface area contributed by atoms with E-state index in [-0.39, 0.29) is 0 Å². The number of hydrazine groups is 1. The van der Waals surface area contributed by atoms with Crippen LogP contribution in [0.15, 0.2) is 53.2 Å². The second-order valence-corrected chi connectivity index (χ2v) is 5.96. The summed E-state index contributed by atoms with van der Waals surface area (Å²) in [7, 11) is 0. The number of nitrogens with one attached hydrogen (secondary N) is 2. The van der Waals surface area contributed by atoms with Crippen LogP contribution in [0, 0.1) is 0 Å². The number of fused-ring (bicyclic) bond motifs is 1. The van der Waals surface area contributed by atoms with Crippen LogP contribution in [0.1, 0.15) is 15.4 Å². The molecule has 2 heterocycles. The molecule has 0 aliphatic carbocycles. The molecule has 3 aromatic rings. The molecule has 23 heavy (non-hydrogen) atoms. The number of thiophene rings is 1. The van der Waals surface area contributed by atoms with Gasteiger partial charge in [0.15, 0.2) is 0 Å². The van der Waals surface area contributed by atoms with Crippen molar-refractivity contribution in [3.8, 4) is 0 Å². The summed E-state index contributed by atoms with van der Waals surface area (Å²) in [5, 5.41) is 1.19. The molecule has 7 heteroatoms. The van der Waals surface area contributed by atoms with Crippen LogP contribution < -0.4 is 10.9 Å². The number of amides is 2. The zero-order valence-electron chi connectivity index (χ0n) is 11.7. The van der Waals surface area contributed by atoms with Crippen LogP contribution in [0.4, 0.5) is 0 Å². The summed E-state index contributed by atoms with van der Waals surface area (Å²) in [6.45, 7) is 0. The molecule has 0 bridgehead atoms. The fraction of sp³-hybridized carbons (Fsp3) is 0. The Balaban J connectivity index is 1.64. The number of furan rings is 1. The summed E-state index contributed by atoms with van der Waals surface area (Å²) in [5.41, 5.74) is 4.63. The number of carbonyl (C=O) groups excluding carboxylic acids is 2. The molecule has 0 atom stereocenters. The lowest BCUT2D eigenvalue weighted by Crippen LogP contribution is -2.40. The van der Waals surface area contributed by atoms with Gasteiger partial charge in [0.1, 0.15) is 10.6 Å². The lowest BCUT2D eigenvalue weighted by Gasteiger charge is -2.03. The third-order valence-corrected chi connectivity index (χ3v) is 4.66. The Morgan fingerprint density at radius 2 is 1.96 bits per heavy atom. The normalized spacial score (nSPS) is 11.0. The topological polar surface area (TPSA) is 71.3 Å². The van der Waals surface area contributed by atoms with Gasteiger partial charge in [0.25, 0.3) is 11.8 Å². The first kappa shape index (κ1) is 15.3. The summed E-state index contributed by atoms with van der Waals surface area (Å²) >= 11 is 7.47. The van der Waals surface area contributed by atoms with E-state index in [0.717, 1.165) is 10.1 Å². The Morgan fingerprint density at radius 1 is 1.13 bits per heavy atom. The van der Waals surface area contributed by atoms with Crippen LogP contribution >= 0.6 is 22.9 Å². The summed E-state index contributed by atoms with van der Waals surface area (Å²) in [6.07, 6.45) is 4.25. The third kappa shape index (κ3) is 3.44. The Labute approximate surface area is 140 Å². The van der Waals surface area contributed by atoms with E-state index >= 15 is 0 Å². The first-order valence-electron chi connectivity index (χ1n) is 6.64. The number of hydrogen-bond donors (Lipinski definition) is 2. The van der Waals surface area contributed by atoms with Crippen molar-refractivity contribution in [2.24, 2.45) is 0 Å². The van der Waals surface area contributed by atoms with E-state index in [9.17, 15) is 9.59 Å². The molecule has 0 radical (unpaired) electrons. The van der Waals surface area contributed by atoms with Gasteiger partial charge < -0.3 is 4.42 Å². The predicted molar refractivity (Wildman–Crippen MR) is 90.2 cm³/mol. The second kappa shape index (κ2) is 6.68. The molecule has 0 aliphatic rings. The highest BCUT2D eigenvalue weighted by Crippen LogP contribution is 2.34. The lowest BCUT2D eigenvalue weighted by atomic mass is 10.2. The molecule has 0 aliphatic heterocycles. The highest BCUT2D eigenvalue weighted by atomic mass is 35.5. The van der Waals surface area contributed by atoms with Gasteiger partial charge >= 0.3 is 0 Å². The molecule has 0 saturated heterocycles. The zero-order chi connectivity index (χ0) is 16.2. The molecule has 0 spiro atoms. The number of hydrogen-bond acceptors (Lipinski definition) is 4. The monoisotopic (exact) mass is 346 g/mol. The molecule has 2 amide bonds. The highest BCUT2D eigenvalue weighted by molar-refractivity contribution is 7.21. The fourth-order valence-electron chi connectivity index (χ4n) is 1.92. The number of halogens is 1. The quantitative estimate of drug-likeness (QED) is 0.562. The van der Waals surface area contributed by atoms with Gasteiger partial charge in [-0.1, -0.05) is 29.8 Å². The van der Waals surface area contributed by atoms with Crippen LogP contribution in [0.3, 0.4) is 0 Å². The first-order chi connectivity index (χ1) is 11.1. The largest absolute Gasteiger partial charge is 0.465 e. The van der Waals surface area contributed by atoms with Crippen molar-refractivity contribution in [2.45, 2.75) is 0 Å². The van der Waals surface area contributed by atoms with Crippen molar-refractivity contribution in [3.63, 3.8) is 0 Å². The van der Waals surface area contributed by atoms with Crippen molar-refractivity contribution in [1.29, 1.82) is 0 Å². The molecule has 0 saturated carbocycles. The Morgan fingerprint density at radius 3 is 2.70 bits per heavy atom. The number of rotatable bonds is 3. The molecule has 1 aromatic carbocycles. The summed E-state index contributed by atoms with van der Waals surface area (Å²) in [6, 6.07) is 10.9. The maximum absolute atomic E-state index is 12.1. The van der Waals surface area contributed by atoms with E-state index in [1.807, 2.05) is 24.3 Å². The summed E-state index contributed by atoms with van der Waals surface area (Å²) < 4.78 is 5.97. The van der Waals surface area contributed by atoms with Crippen LogP contribution in [0.5, 0.6) is 0 Å². The molecule has 0 unspecified atom stereocenters. The summed E-state index contributed by atoms with van der Waals surface area (Å²) in [5.74, 6) is -0.401. The van der Waals surface area contributed by atoms with Crippen molar-refractivity contribution < 1.29 is 14.0 Å². The average Bonchev–Trinajstić information content (AvgIpc) is 3.19. The van der Waals surface area contributed by atoms with Gasteiger partial charge in [0, 0.05) is 16.2 Å². The Bertz CT molecular complexity index is 884. The van der Waals surface area contributed by atoms with Crippen molar-refractivity contribution in [2.75, 3.05) is 0 Å². The minimum atomic E-state index is -0.480. The zero-order valence-corrected chi connectivity index (χ0v) is 13.3. The average molecular weight is 347 g/mol. The molecule has 2 aromatic heterocycles. The van der Waals surface area contributed by atoms with E-state index in [1.165, 1.54) is 29.8 Å². The van der Waals surface area contributed by atoms with Gasteiger partial charge in [0.05, 0.1) is 11.3 Å². The lowest BCUT2D eigenvalue weighted by molar-refractivity contribution is -0.117. The van der Waals surface area contributed by atoms with E-state index in [0.29, 0.717) is 15.7 Å². The van der Waals surface area contributed by atoms with E-state index in [1.54, 1.807) is 12.1 Å². The number of carbonyl (C=O) groups is 2. The maximum Gasteiger partial charge on any atom is 0.281 e. The molecule has 5 nitrogen and oxygen atoms in total. The summed E-state index contributed by atoms with van der Waals surface area (Å²) in [4.78, 5) is 24.1. The highest BCUT2D eigenvalue weighted by Gasteiger charge is 2.16. The molecule has 0 fully saturated rings. The minimum absolute atomic E-state index is 0.350. The SMILES string of the molecule is O=C(/C=C/c1ccco1)NNC(=O)c1sc2ccccc2c1Cl. The van der Waals surface area contributed by atoms with Crippen molar-refractivity contribution in [1.82, 2.24) is 10.9 Å². The van der Waals surface area contributed by atoms with Gasteiger partial charge in [-0.2, -0.15) is 0 Å². The van der Waals surface area contributed by atoms with Gasteiger partial charge in [-0.3, -0.25) is 20.4 Å². The van der Waals surface area contributed by atoms with Crippen LogP contribution in [0.25, 0.3) is 16.2 Å². The van der Waals surface area contributed by atoms with E-state index < -0.39 is 11.8 Å².